The zero-order chi connectivity index (χ0) is 27.1. The Hall–Kier alpha value is -3.25. The minimum absolute atomic E-state index is 0.346. The van der Waals surface area contributed by atoms with Gasteiger partial charge >= 0.3 is 0 Å². The highest BCUT2D eigenvalue weighted by Crippen LogP contribution is 2.21. The van der Waals surface area contributed by atoms with Crippen LogP contribution < -0.4 is 5.32 Å². The third-order valence-electron chi connectivity index (χ3n) is 6.94. The monoisotopic (exact) mass is 583 g/mol. The summed E-state index contributed by atoms with van der Waals surface area (Å²) in [5.74, 6) is 0. The highest BCUT2D eigenvalue weighted by Gasteiger charge is 2.20. The molecule has 5 heteroatoms. The van der Waals surface area contributed by atoms with Gasteiger partial charge in [-0.05, 0) is 53.8 Å². The van der Waals surface area contributed by atoms with Gasteiger partial charge in [-0.3, -0.25) is 9.69 Å². The van der Waals surface area contributed by atoms with Gasteiger partial charge in [0.15, 0.2) is 0 Å². The first kappa shape index (κ1) is 28.8. The molecule has 0 radical (unpaired) electrons. The number of hydrogen-bond acceptors (Lipinski definition) is 3. The average molecular weight is 585 g/mol. The lowest BCUT2D eigenvalue weighted by Crippen LogP contribution is -2.39. The summed E-state index contributed by atoms with van der Waals surface area (Å²) in [7, 11) is 0. The summed E-state index contributed by atoms with van der Waals surface area (Å²) in [6.45, 7) is 4.77. The Morgan fingerprint density at radius 2 is 1.21 bits per heavy atom. The molecule has 39 heavy (non-hydrogen) atoms. The number of amides is 1. The molecule has 0 spiro atoms. The van der Waals surface area contributed by atoms with E-state index in [-0.39, 0.29) is 0 Å². The summed E-state index contributed by atoms with van der Waals surface area (Å²) in [6.07, 6.45) is 2.92. The van der Waals surface area contributed by atoms with Crippen LogP contribution in [0, 0.1) is 0 Å². The standard InChI is InChI=1S/C34H38BrN3O/c35-33-18-10-17-32(23-33)24-34(19-20-36-21-22-37(28-39)25-29-11-4-1-5-12-29)38(26-30-13-6-2-7-14-30)27-31-15-8-3-9-16-31/h1-18,23,28,34,36H,19-22,24-27H2/t34-/m1/s1. The van der Waals surface area contributed by atoms with E-state index in [1.807, 2.05) is 23.1 Å². The van der Waals surface area contributed by atoms with Gasteiger partial charge in [-0.15, -0.1) is 0 Å². The molecule has 0 heterocycles. The van der Waals surface area contributed by atoms with Crippen molar-refractivity contribution in [2.45, 2.75) is 38.5 Å². The van der Waals surface area contributed by atoms with Crippen molar-refractivity contribution >= 4 is 22.3 Å². The van der Waals surface area contributed by atoms with Gasteiger partial charge in [0.2, 0.25) is 6.41 Å². The Morgan fingerprint density at radius 1 is 0.667 bits per heavy atom. The minimum Gasteiger partial charge on any atom is -0.340 e. The third kappa shape index (κ3) is 10.1. The van der Waals surface area contributed by atoms with Crippen LogP contribution in [0.1, 0.15) is 28.7 Å². The highest BCUT2D eigenvalue weighted by atomic mass is 79.9. The maximum Gasteiger partial charge on any atom is 0.210 e. The Labute approximate surface area is 241 Å². The van der Waals surface area contributed by atoms with Crippen molar-refractivity contribution in [3.8, 4) is 0 Å². The van der Waals surface area contributed by atoms with Crippen LogP contribution in [0.4, 0.5) is 0 Å². The summed E-state index contributed by atoms with van der Waals surface area (Å²) in [5.41, 5.74) is 5.12. The van der Waals surface area contributed by atoms with E-state index in [4.69, 9.17) is 0 Å². The Kier molecular flexibility index (Phi) is 11.8. The molecule has 0 aliphatic rings. The molecule has 0 aliphatic heterocycles. The van der Waals surface area contributed by atoms with E-state index in [0.717, 1.165) is 55.5 Å². The molecule has 1 N–H and O–H groups in total. The number of hydrogen-bond donors (Lipinski definition) is 1. The van der Waals surface area contributed by atoms with E-state index in [1.54, 1.807) is 0 Å². The second-order valence-electron chi connectivity index (χ2n) is 9.96. The van der Waals surface area contributed by atoms with Crippen molar-refractivity contribution in [1.82, 2.24) is 15.1 Å². The molecule has 4 nitrogen and oxygen atoms in total. The molecular weight excluding hydrogens is 546 g/mol. The Morgan fingerprint density at radius 3 is 1.74 bits per heavy atom. The van der Waals surface area contributed by atoms with Crippen molar-refractivity contribution < 1.29 is 4.79 Å². The first-order valence-corrected chi connectivity index (χ1v) is 14.5. The van der Waals surface area contributed by atoms with Crippen LogP contribution in [0.15, 0.2) is 120 Å². The molecule has 0 fully saturated rings. The molecule has 1 amide bonds. The molecule has 0 aromatic heterocycles. The molecule has 1 atom stereocenters. The van der Waals surface area contributed by atoms with E-state index < -0.39 is 0 Å². The molecule has 202 valence electrons. The highest BCUT2D eigenvalue weighted by molar-refractivity contribution is 9.10. The predicted octanol–water partition coefficient (Wildman–Crippen LogP) is 6.70. The first-order chi connectivity index (χ1) is 19.2. The van der Waals surface area contributed by atoms with Gasteiger partial charge in [0.05, 0.1) is 0 Å². The number of rotatable bonds is 16. The summed E-state index contributed by atoms with van der Waals surface area (Å²) in [4.78, 5) is 16.1. The maximum absolute atomic E-state index is 11.6. The van der Waals surface area contributed by atoms with Crippen LogP contribution in [0.5, 0.6) is 0 Å². The largest absolute Gasteiger partial charge is 0.340 e. The third-order valence-corrected chi connectivity index (χ3v) is 7.43. The van der Waals surface area contributed by atoms with E-state index in [0.29, 0.717) is 19.1 Å². The molecule has 4 aromatic rings. The molecule has 0 aliphatic carbocycles. The second-order valence-corrected chi connectivity index (χ2v) is 10.9. The molecular formula is C34H38BrN3O. The average Bonchev–Trinajstić information content (AvgIpc) is 2.97. The van der Waals surface area contributed by atoms with Gasteiger partial charge in [-0.2, -0.15) is 0 Å². The van der Waals surface area contributed by atoms with E-state index in [2.05, 4.69) is 123 Å². The number of carbonyl (C=O) groups excluding carboxylic acids is 1. The SMILES string of the molecule is O=CN(CCNCC[C@H](Cc1cccc(Br)c1)N(Cc1ccccc1)Cc1ccccc1)Cc1ccccc1. The molecule has 0 saturated carbocycles. The number of benzene rings is 4. The summed E-state index contributed by atoms with van der Waals surface area (Å²) >= 11 is 3.65. The van der Waals surface area contributed by atoms with Crippen LogP contribution in [-0.4, -0.2) is 41.9 Å². The summed E-state index contributed by atoms with van der Waals surface area (Å²) < 4.78 is 1.11. The number of carbonyl (C=O) groups is 1. The lowest BCUT2D eigenvalue weighted by Gasteiger charge is -2.33. The van der Waals surface area contributed by atoms with Gasteiger partial charge in [0.25, 0.3) is 0 Å². The van der Waals surface area contributed by atoms with Gasteiger partial charge < -0.3 is 10.2 Å². The summed E-state index contributed by atoms with van der Waals surface area (Å²) in [5, 5.41) is 3.61. The lowest BCUT2D eigenvalue weighted by molar-refractivity contribution is -0.118. The van der Waals surface area contributed by atoms with E-state index in [1.165, 1.54) is 16.7 Å². The van der Waals surface area contributed by atoms with Crippen molar-refractivity contribution in [3.63, 3.8) is 0 Å². The maximum atomic E-state index is 11.6. The Bertz CT molecular complexity index is 1200. The number of nitrogens with zero attached hydrogens (tertiary/aromatic N) is 2. The minimum atomic E-state index is 0.346. The van der Waals surface area contributed by atoms with Gasteiger partial charge in [0.1, 0.15) is 0 Å². The molecule has 0 saturated heterocycles. The van der Waals surface area contributed by atoms with Gasteiger partial charge in [0, 0.05) is 43.2 Å². The molecule has 0 unspecified atom stereocenters. The Balaban J connectivity index is 1.42. The van der Waals surface area contributed by atoms with Crippen LogP contribution in [-0.2, 0) is 30.8 Å². The van der Waals surface area contributed by atoms with Gasteiger partial charge in [-0.25, -0.2) is 0 Å². The van der Waals surface area contributed by atoms with E-state index in [9.17, 15) is 4.79 Å². The van der Waals surface area contributed by atoms with Crippen LogP contribution in [0.2, 0.25) is 0 Å². The fraction of sp³-hybridized carbons (Fsp3) is 0.265. The van der Waals surface area contributed by atoms with Crippen molar-refractivity contribution in [1.29, 1.82) is 0 Å². The molecule has 0 bridgehead atoms. The summed E-state index contributed by atoms with van der Waals surface area (Å²) in [6, 6.07) is 40.6. The number of nitrogens with one attached hydrogen (secondary N) is 1. The van der Waals surface area contributed by atoms with Gasteiger partial charge in [-0.1, -0.05) is 119 Å². The smallest absolute Gasteiger partial charge is 0.210 e. The molecule has 4 aromatic carbocycles. The van der Waals surface area contributed by atoms with E-state index >= 15 is 0 Å². The zero-order valence-corrected chi connectivity index (χ0v) is 24.0. The second kappa shape index (κ2) is 16.0. The predicted molar refractivity (Wildman–Crippen MR) is 164 cm³/mol. The topological polar surface area (TPSA) is 35.6 Å². The first-order valence-electron chi connectivity index (χ1n) is 13.7. The van der Waals surface area contributed by atoms with Crippen LogP contribution >= 0.6 is 15.9 Å². The normalized spacial score (nSPS) is 11.8. The van der Waals surface area contributed by atoms with Crippen LogP contribution in [0.25, 0.3) is 0 Å². The van der Waals surface area contributed by atoms with Crippen molar-refractivity contribution in [2.75, 3.05) is 19.6 Å². The van der Waals surface area contributed by atoms with Crippen LogP contribution in [0.3, 0.4) is 0 Å². The fourth-order valence-corrected chi connectivity index (χ4v) is 5.35. The molecule has 4 rings (SSSR count). The van der Waals surface area contributed by atoms with Crippen molar-refractivity contribution in [3.05, 3.63) is 142 Å². The lowest BCUT2D eigenvalue weighted by atomic mass is 10.00. The number of halogens is 1. The van der Waals surface area contributed by atoms with Crippen molar-refractivity contribution in [2.24, 2.45) is 0 Å². The zero-order valence-electron chi connectivity index (χ0n) is 22.5. The fourth-order valence-electron chi connectivity index (χ4n) is 4.90. The quantitative estimate of drug-likeness (QED) is 0.118.